The molecule has 1 aliphatic heterocycles. The molecular weight excluding hydrogens is 230 g/mol. The van der Waals surface area contributed by atoms with Crippen LogP contribution in [0, 0.1) is 26.7 Å². The average Bonchev–Trinajstić information content (AvgIpc) is 2.85. The minimum atomic E-state index is -0.351. The van der Waals surface area contributed by atoms with Gasteiger partial charge < -0.3 is 14.4 Å². The molecule has 0 bridgehead atoms. The van der Waals surface area contributed by atoms with Crippen molar-refractivity contribution in [1.29, 1.82) is 0 Å². The Hall–Kier alpha value is -1.29. The Balaban J connectivity index is 2.18. The third kappa shape index (κ3) is 2.17. The van der Waals surface area contributed by atoms with E-state index in [1.165, 1.54) is 0 Å². The lowest BCUT2D eigenvalue weighted by Crippen LogP contribution is -2.31. The first-order valence-electron chi connectivity index (χ1n) is 6.45. The minimum Gasteiger partial charge on any atom is -0.466 e. The Morgan fingerprint density at radius 2 is 2.06 bits per heavy atom. The van der Waals surface area contributed by atoms with E-state index in [9.17, 15) is 9.90 Å². The topological polar surface area (TPSA) is 53.7 Å². The third-order valence-corrected chi connectivity index (χ3v) is 3.97. The molecule has 2 unspecified atom stereocenters. The van der Waals surface area contributed by atoms with Crippen molar-refractivity contribution in [2.75, 3.05) is 13.1 Å². The fraction of sp³-hybridized carbons (Fsp3) is 0.643. The van der Waals surface area contributed by atoms with Crippen molar-refractivity contribution in [1.82, 2.24) is 4.90 Å². The van der Waals surface area contributed by atoms with Gasteiger partial charge in [-0.05, 0) is 34.1 Å². The second kappa shape index (κ2) is 4.76. The normalized spacial score (nSPS) is 21.4. The molecule has 0 aromatic carbocycles. The number of carbonyl (C=O) groups is 1. The molecular formula is C14H21NO3. The second-order valence-corrected chi connectivity index (χ2v) is 5.25. The molecule has 100 valence electrons. The summed E-state index contributed by atoms with van der Waals surface area (Å²) in [4.78, 5) is 14.3. The average molecular weight is 251 g/mol. The van der Waals surface area contributed by atoms with Gasteiger partial charge in [-0.15, -0.1) is 0 Å². The van der Waals surface area contributed by atoms with Crippen LogP contribution in [-0.4, -0.2) is 35.1 Å². The van der Waals surface area contributed by atoms with Gasteiger partial charge in [-0.3, -0.25) is 4.79 Å². The van der Waals surface area contributed by atoms with Gasteiger partial charge in [-0.1, -0.05) is 0 Å². The number of nitrogens with zero attached hydrogens (tertiary/aromatic N) is 1. The number of hydrogen-bond donors (Lipinski definition) is 1. The van der Waals surface area contributed by atoms with E-state index in [2.05, 4.69) is 0 Å². The molecule has 1 saturated heterocycles. The summed E-state index contributed by atoms with van der Waals surface area (Å²) in [5, 5.41) is 9.58. The van der Waals surface area contributed by atoms with Crippen molar-refractivity contribution < 1.29 is 14.3 Å². The van der Waals surface area contributed by atoms with Crippen LogP contribution < -0.4 is 0 Å². The highest BCUT2D eigenvalue weighted by Crippen LogP contribution is 2.26. The maximum Gasteiger partial charge on any atom is 0.257 e. The molecule has 2 atom stereocenters. The first-order valence-corrected chi connectivity index (χ1v) is 6.45. The highest BCUT2D eigenvalue weighted by atomic mass is 16.3. The summed E-state index contributed by atoms with van der Waals surface area (Å²) in [6, 6.07) is 0. The van der Waals surface area contributed by atoms with E-state index in [-0.39, 0.29) is 17.9 Å². The molecule has 0 radical (unpaired) electrons. The highest BCUT2D eigenvalue weighted by molar-refractivity contribution is 5.97. The minimum absolute atomic E-state index is 0.0324. The summed E-state index contributed by atoms with van der Waals surface area (Å²) in [6.07, 6.45) is 0.522. The Labute approximate surface area is 108 Å². The van der Waals surface area contributed by atoms with Gasteiger partial charge >= 0.3 is 0 Å². The number of carbonyl (C=O) groups excluding carboxylic acids is 1. The maximum absolute atomic E-state index is 12.5. The van der Waals surface area contributed by atoms with E-state index in [0.29, 0.717) is 17.9 Å². The van der Waals surface area contributed by atoms with Crippen LogP contribution in [0.2, 0.25) is 0 Å². The molecule has 1 fully saturated rings. The maximum atomic E-state index is 12.5. The number of aliphatic hydroxyl groups is 1. The van der Waals surface area contributed by atoms with Gasteiger partial charge in [0.2, 0.25) is 0 Å². The van der Waals surface area contributed by atoms with Crippen molar-refractivity contribution in [2.45, 2.75) is 40.2 Å². The molecule has 1 amide bonds. The van der Waals surface area contributed by atoms with E-state index in [0.717, 1.165) is 24.3 Å². The van der Waals surface area contributed by atoms with E-state index < -0.39 is 0 Å². The monoisotopic (exact) mass is 251 g/mol. The standard InChI is InChI=1S/C14H21NO3/c1-8-10(3)18-11(4)13(8)14(17)15-6-5-12(7-15)9(2)16/h9,12,16H,5-7H2,1-4H3. The summed E-state index contributed by atoms with van der Waals surface area (Å²) in [6.45, 7) is 8.77. The zero-order valence-corrected chi connectivity index (χ0v) is 11.5. The summed E-state index contributed by atoms with van der Waals surface area (Å²) < 4.78 is 5.50. The summed E-state index contributed by atoms with van der Waals surface area (Å²) in [5.74, 6) is 1.73. The van der Waals surface area contributed by atoms with Crippen molar-refractivity contribution in [2.24, 2.45) is 5.92 Å². The first-order chi connectivity index (χ1) is 8.41. The molecule has 1 aliphatic rings. The molecule has 0 saturated carbocycles. The number of hydrogen-bond acceptors (Lipinski definition) is 3. The number of aryl methyl sites for hydroxylation is 2. The zero-order chi connectivity index (χ0) is 13.4. The number of aliphatic hydroxyl groups excluding tert-OH is 1. The van der Waals surface area contributed by atoms with Crippen LogP contribution in [0.4, 0.5) is 0 Å². The van der Waals surface area contributed by atoms with Crippen LogP contribution in [0.15, 0.2) is 4.42 Å². The molecule has 0 aliphatic carbocycles. The van der Waals surface area contributed by atoms with Crippen molar-refractivity contribution in [3.8, 4) is 0 Å². The lowest BCUT2D eigenvalue weighted by Gasteiger charge is -2.17. The quantitative estimate of drug-likeness (QED) is 0.875. The molecule has 1 aromatic heterocycles. The number of rotatable bonds is 2. The number of furan rings is 1. The smallest absolute Gasteiger partial charge is 0.257 e. The highest BCUT2D eigenvalue weighted by Gasteiger charge is 2.32. The molecule has 4 heteroatoms. The summed E-state index contributed by atoms with van der Waals surface area (Å²) in [5.41, 5.74) is 1.62. The fourth-order valence-corrected chi connectivity index (χ4v) is 2.63. The fourth-order valence-electron chi connectivity index (χ4n) is 2.63. The van der Waals surface area contributed by atoms with Gasteiger partial charge in [-0.25, -0.2) is 0 Å². The third-order valence-electron chi connectivity index (χ3n) is 3.97. The number of amides is 1. The summed E-state index contributed by atoms with van der Waals surface area (Å²) >= 11 is 0. The predicted octanol–water partition coefficient (Wildman–Crippen LogP) is 2.05. The first kappa shape index (κ1) is 13.1. The molecule has 18 heavy (non-hydrogen) atoms. The van der Waals surface area contributed by atoms with E-state index >= 15 is 0 Å². The predicted molar refractivity (Wildman–Crippen MR) is 68.6 cm³/mol. The van der Waals surface area contributed by atoms with Gasteiger partial charge in [0.15, 0.2) is 0 Å². The largest absolute Gasteiger partial charge is 0.466 e. The molecule has 1 aromatic rings. The van der Waals surface area contributed by atoms with Crippen LogP contribution in [0.25, 0.3) is 0 Å². The van der Waals surface area contributed by atoms with Crippen molar-refractivity contribution >= 4 is 5.91 Å². The van der Waals surface area contributed by atoms with E-state index in [4.69, 9.17) is 4.42 Å². The van der Waals surface area contributed by atoms with Gasteiger partial charge in [0.1, 0.15) is 11.5 Å². The lowest BCUT2D eigenvalue weighted by atomic mass is 10.0. The Kier molecular flexibility index (Phi) is 3.48. The van der Waals surface area contributed by atoms with E-state index in [1.807, 2.05) is 25.7 Å². The summed E-state index contributed by atoms with van der Waals surface area (Å²) in [7, 11) is 0. The van der Waals surface area contributed by atoms with Gasteiger partial charge in [0.25, 0.3) is 5.91 Å². The van der Waals surface area contributed by atoms with Crippen LogP contribution in [0.1, 0.15) is 40.8 Å². The second-order valence-electron chi connectivity index (χ2n) is 5.25. The SMILES string of the molecule is Cc1oc(C)c(C(=O)N2CCC(C(C)O)C2)c1C. The molecule has 4 nitrogen and oxygen atoms in total. The van der Waals surface area contributed by atoms with Crippen LogP contribution in [0.5, 0.6) is 0 Å². The molecule has 2 rings (SSSR count). The van der Waals surface area contributed by atoms with Crippen molar-refractivity contribution in [3.63, 3.8) is 0 Å². The van der Waals surface area contributed by atoms with Gasteiger partial charge in [0, 0.05) is 24.6 Å². The van der Waals surface area contributed by atoms with Crippen LogP contribution in [0.3, 0.4) is 0 Å². The van der Waals surface area contributed by atoms with E-state index in [1.54, 1.807) is 6.92 Å². The van der Waals surface area contributed by atoms with Crippen LogP contribution >= 0.6 is 0 Å². The van der Waals surface area contributed by atoms with Crippen LogP contribution in [-0.2, 0) is 0 Å². The molecule has 2 heterocycles. The van der Waals surface area contributed by atoms with Gasteiger partial charge in [0.05, 0.1) is 11.7 Å². The Bertz CT molecular complexity index is 462. The Morgan fingerprint density at radius 3 is 2.50 bits per heavy atom. The van der Waals surface area contributed by atoms with Gasteiger partial charge in [-0.2, -0.15) is 0 Å². The molecule has 1 N–H and O–H groups in total. The lowest BCUT2D eigenvalue weighted by molar-refractivity contribution is 0.0760. The Morgan fingerprint density at radius 1 is 1.39 bits per heavy atom. The molecule has 0 spiro atoms. The van der Waals surface area contributed by atoms with Crippen molar-refractivity contribution in [3.05, 3.63) is 22.6 Å². The zero-order valence-electron chi connectivity index (χ0n) is 11.5. The number of likely N-dealkylation sites (tertiary alicyclic amines) is 1.